The van der Waals surface area contributed by atoms with E-state index in [1.165, 1.54) is 4.68 Å². The Labute approximate surface area is 188 Å². The summed E-state index contributed by atoms with van der Waals surface area (Å²) in [6.07, 6.45) is 3.64. The molecule has 2 amide bonds. The Morgan fingerprint density at radius 1 is 1.06 bits per heavy atom. The number of nitrogens with zero attached hydrogens (tertiary/aromatic N) is 2. The maximum absolute atomic E-state index is 13.3. The summed E-state index contributed by atoms with van der Waals surface area (Å²) >= 11 is 0. The summed E-state index contributed by atoms with van der Waals surface area (Å²) in [6, 6.07) is 8.96. The van der Waals surface area contributed by atoms with Gasteiger partial charge in [-0.2, -0.15) is 0 Å². The van der Waals surface area contributed by atoms with Crippen LogP contribution in [-0.4, -0.2) is 33.0 Å². The number of rotatable bonds is 4. The molecule has 0 spiro atoms. The normalized spacial score (nSPS) is 19.2. The van der Waals surface area contributed by atoms with Crippen molar-refractivity contribution in [1.82, 2.24) is 14.7 Å². The summed E-state index contributed by atoms with van der Waals surface area (Å²) < 4.78 is 8.66. The first-order valence-electron chi connectivity index (χ1n) is 11.2. The molecule has 8 heteroatoms. The van der Waals surface area contributed by atoms with Gasteiger partial charge in [0.2, 0.25) is 5.91 Å². The van der Waals surface area contributed by atoms with Crippen molar-refractivity contribution in [3.63, 3.8) is 0 Å². The molecule has 2 N–H and O–H groups in total. The summed E-state index contributed by atoms with van der Waals surface area (Å²) in [7, 11) is 1.79. The van der Waals surface area contributed by atoms with Gasteiger partial charge in [0.05, 0.1) is 17.3 Å². The molecule has 0 aliphatic heterocycles. The molecule has 1 aliphatic carbocycles. The molecule has 1 aliphatic rings. The first-order valence-corrected chi connectivity index (χ1v) is 11.2. The monoisotopic (exact) mass is 442 g/mol. The number of carbonyl (C=O) groups excluding carboxylic acids is 2. The van der Waals surface area contributed by atoms with Crippen molar-refractivity contribution >= 4 is 17.7 Å². The molecule has 2 atom stereocenters. The van der Waals surface area contributed by atoms with E-state index in [9.17, 15) is 14.4 Å². The maximum Gasteiger partial charge on any atom is 0.407 e. The number of ether oxygens (including phenoxy) is 1. The van der Waals surface area contributed by atoms with Crippen molar-refractivity contribution in [2.75, 3.05) is 5.32 Å². The largest absolute Gasteiger partial charge is 0.444 e. The molecule has 174 valence electrons. The number of hydrogen-bond donors (Lipinski definition) is 2. The van der Waals surface area contributed by atoms with Crippen LogP contribution < -0.4 is 16.2 Å². The van der Waals surface area contributed by atoms with E-state index in [-0.39, 0.29) is 23.2 Å². The van der Waals surface area contributed by atoms with E-state index in [0.717, 1.165) is 24.9 Å². The summed E-state index contributed by atoms with van der Waals surface area (Å²) in [5.74, 6) is -0.687. The Bertz CT molecular complexity index is 1020. The molecule has 2 aromatic rings. The van der Waals surface area contributed by atoms with Crippen LogP contribution in [0.1, 0.15) is 58.6 Å². The lowest BCUT2D eigenvalue weighted by Gasteiger charge is -2.27. The number of hydrogen-bond acceptors (Lipinski definition) is 4. The first kappa shape index (κ1) is 23.6. The van der Waals surface area contributed by atoms with Gasteiger partial charge in [-0.05, 0) is 52.7 Å². The van der Waals surface area contributed by atoms with Crippen LogP contribution in [0.3, 0.4) is 0 Å². The summed E-state index contributed by atoms with van der Waals surface area (Å²) in [5.41, 5.74) is 0.757. The number of aromatic nitrogens is 2. The van der Waals surface area contributed by atoms with E-state index in [1.54, 1.807) is 39.4 Å². The smallest absolute Gasteiger partial charge is 0.407 e. The standard InChI is InChI=1S/C24H34N4O4/c1-16-20(22(30)28(27(16)5)17-12-8-6-9-13-17)26-21(29)18-14-10-7-11-15-19(18)25-23(31)32-24(2,3)4/h6,8-9,12-13,18-19H,7,10-11,14-15H2,1-5H3,(H,25,31)(H,26,29)/t18-,19-/m1/s1. The van der Waals surface area contributed by atoms with Gasteiger partial charge in [-0.1, -0.05) is 37.5 Å². The lowest BCUT2D eigenvalue weighted by atomic mass is 9.93. The molecule has 8 nitrogen and oxygen atoms in total. The van der Waals surface area contributed by atoms with Crippen molar-refractivity contribution < 1.29 is 14.3 Å². The van der Waals surface area contributed by atoms with Crippen molar-refractivity contribution in [3.8, 4) is 5.69 Å². The molecule has 32 heavy (non-hydrogen) atoms. The average molecular weight is 443 g/mol. The molecule has 1 aromatic carbocycles. The topological polar surface area (TPSA) is 94.4 Å². The predicted octanol–water partition coefficient (Wildman–Crippen LogP) is 3.90. The zero-order chi connectivity index (χ0) is 23.5. The quantitative estimate of drug-likeness (QED) is 0.702. The van der Waals surface area contributed by atoms with Crippen molar-refractivity contribution in [2.45, 2.75) is 71.4 Å². The van der Waals surface area contributed by atoms with Crippen LogP contribution in [0.5, 0.6) is 0 Å². The highest BCUT2D eigenvalue weighted by Gasteiger charge is 2.33. The third-order valence-electron chi connectivity index (χ3n) is 5.86. The third-order valence-corrected chi connectivity index (χ3v) is 5.86. The molecule has 0 bridgehead atoms. The van der Waals surface area contributed by atoms with Gasteiger partial charge >= 0.3 is 6.09 Å². The molecule has 1 heterocycles. The zero-order valence-corrected chi connectivity index (χ0v) is 19.6. The highest BCUT2D eigenvalue weighted by molar-refractivity contribution is 5.93. The predicted molar refractivity (Wildman–Crippen MR) is 124 cm³/mol. The van der Waals surface area contributed by atoms with Crippen LogP contribution in [0.25, 0.3) is 5.69 Å². The maximum atomic E-state index is 13.3. The number of nitrogens with one attached hydrogen (secondary N) is 2. The van der Waals surface area contributed by atoms with Crippen molar-refractivity contribution in [1.29, 1.82) is 0 Å². The zero-order valence-electron chi connectivity index (χ0n) is 19.6. The highest BCUT2D eigenvalue weighted by Crippen LogP contribution is 2.26. The van der Waals surface area contributed by atoms with E-state index in [1.807, 2.05) is 30.3 Å². The minimum atomic E-state index is -0.615. The summed E-state index contributed by atoms with van der Waals surface area (Å²) in [4.78, 5) is 38.8. The van der Waals surface area contributed by atoms with Gasteiger partial charge in [-0.3, -0.25) is 14.3 Å². The molecule has 1 aromatic heterocycles. The molecule has 0 saturated heterocycles. The number of anilines is 1. The second-order valence-electron chi connectivity index (χ2n) is 9.42. The molecule has 3 rings (SSSR count). The Balaban J connectivity index is 1.83. The van der Waals surface area contributed by atoms with E-state index >= 15 is 0 Å². The van der Waals surface area contributed by atoms with Crippen LogP contribution in [0, 0.1) is 12.8 Å². The van der Waals surface area contributed by atoms with Gasteiger partial charge in [0, 0.05) is 13.1 Å². The Kier molecular flexibility index (Phi) is 7.11. The number of alkyl carbamates (subject to hydrolysis) is 1. The minimum Gasteiger partial charge on any atom is -0.444 e. The second-order valence-corrected chi connectivity index (χ2v) is 9.42. The number of para-hydroxylation sites is 1. The Morgan fingerprint density at radius 3 is 2.38 bits per heavy atom. The van der Waals surface area contributed by atoms with Crippen LogP contribution in [-0.2, 0) is 16.6 Å². The van der Waals surface area contributed by atoms with Gasteiger partial charge in [-0.15, -0.1) is 0 Å². The Hall–Kier alpha value is -3.03. The van der Waals surface area contributed by atoms with Gasteiger partial charge in [0.15, 0.2) is 0 Å². The SMILES string of the molecule is Cc1c(NC(=O)[C@@H]2CCCCC[C@H]2NC(=O)OC(C)(C)C)c(=O)n(-c2ccccc2)n1C. The molecule has 1 saturated carbocycles. The first-order chi connectivity index (χ1) is 15.1. The fourth-order valence-corrected chi connectivity index (χ4v) is 4.18. The lowest BCUT2D eigenvalue weighted by Crippen LogP contribution is -2.46. The number of amides is 2. The van der Waals surface area contributed by atoms with Crippen LogP contribution in [0.15, 0.2) is 35.1 Å². The third kappa shape index (κ3) is 5.41. The van der Waals surface area contributed by atoms with Crippen molar-refractivity contribution in [3.05, 3.63) is 46.4 Å². The molecule has 1 fully saturated rings. The summed E-state index contributed by atoms with van der Waals surface area (Å²) in [5, 5.41) is 5.77. The molecular formula is C24H34N4O4. The lowest BCUT2D eigenvalue weighted by molar-refractivity contribution is -0.120. The Morgan fingerprint density at radius 2 is 1.72 bits per heavy atom. The van der Waals surface area contributed by atoms with Crippen LogP contribution >= 0.6 is 0 Å². The van der Waals surface area contributed by atoms with Gasteiger partial charge in [0.25, 0.3) is 5.56 Å². The fourth-order valence-electron chi connectivity index (χ4n) is 4.18. The fraction of sp³-hybridized carbons (Fsp3) is 0.542. The van der Waals surface area contributed by atoms with E-state index in [4.69, 9.17) is 4.74 Å². The van der Waals surface area contributed by atoms with Gasteiger partial charge in [-0.25, -0.2) is 9.48 Å². The van der Waals surface area contributed by atoms with Gasteiger partial charge in [0.1, 0.15) is 11.3 Å². The van der Waals surface area contributed by atoms with Gasteiger partial charge < -0.3 is 15.4 Å². The molecule has 0 unspecified atom stereocenters. The summed E-state index contributed by atoms with van der Waals surface area (Å²) in [6.45, 7) is 7.22. The van der Waals surface area contributed by atoms with Crippen LogP contribution in [0.2, 0.25) is 0 Å². The van der Waals surface area contributed by atoms with Crippen molar-refractivity contribution in [2.24, 2.45) is 13.0 Å². The number of benzene rings is 1. The molecular weight excluding hydrogens is 408 g/mol. The minimum absolute atomic E-state index is 0.251. The van der Waals surface area contributed by atoms with E-state index in [0.29, 0.717) is 18.5 Å². The van der Waals surface area contributed by atoms with E-state index < -0.39 is 17.6 Å². The van der Waals surface area contributed by atoms with E-state index in [2.05, 4.69) is 10.6 Å². The number of carbonyl (C=O) groups is 2. The average Bonchev–Trinajstić information content (AvgIpc) is 2.88. The van der Waals surface area contributed by atoms with Crippen LogP contribution in [0.4, 0.5) is 10.5 Å². The highest BCUT2D eigenvalue weighted by atomic mass is 16.6. The molecule has 0 radical (unpaired) electrons. The second kappa shape index (κ2) is 9.63.